The molecule has 0 saturated heterocycles. The first-order valence-electron chi connectivity index (χ1n) is 4.62. The van der Waals surface area contributed by atoms with E-state index in [9.17, 15) is 10.1 Å². The molecule has 0 saturated carbocycles. The monoisotopic (exact) mass is 207 g/mol. The molecule has 4 nitrogen and oxygen atoms in total. The van der Waals surface area contributed by atoms with Gasteiger partial charge in [0, 0.05) is 6.07 Å². The molecule has 0 aromatic heterocycles. The smallest absolute Gasteiger partial charge is 0.275 e. The van der Waals surface area contributed by atoms with Gasteiger partial charge in [0.2, 0.25) is 0 Å². The van der Waals surface area contributed by atoms with Gasteiger partial charge in [-0.15, -0.1) is 6.58 Å². The highest BCUT2D eigenvalue weighted by Crippen LogP contribution is 2.26. The number of rotatable bonds is 5. The van der Waals surface area contributed by atoms with Gasteiger partial charge in [-0.3, -0.25) is 10.1 Å². The van der Waals surface area contributed by atoms with Crippen LogP contribution in [0.5, 0.6) is 0 Å². The second kappa shape index (κ2) is 5.26. The molecule has 1 atom stereocenters. The van der Waals surface area contributed by atoms with Gasteiger partial charge in [-0.25, -0.2) is 0 Å². The summed E-state index contributed by atoms with van der Waals surface area (Å²) in [5, 5.41) is 10.7. The highest BCUT2D eigenvalue weighted by atomic mass is 16.6. The van der Waals surface area contributed by atoms with Crippen molar-refractivity contribution >= 4 is 5.69 Å². The van der Waals surface area contributed by atoms with Gasteiger partial charge in [-0.05, 0) is 13.0 Å². The summed E-state index contributed by atoms with van der Waals surface area (Å²) in [5.41, 5.74) is 0.679. The zero-order chi connectivity index (χ0) is 11.3. The van der Waals surface area contributed by atoms with E-state index in [1.807, 2.05) is 0 Å². The minimum Gasteiger partial charge on any atom is -0.370 e. The van der Waals surface area contributed by atoms with Crippen molar-refractivity contribution in [1.29, 1.82) is 0 Å². The van der Waals surface area contributed by atoms with Crippen molar-refractivity contribution in [3.05, 3.63) is 52.6 Å². The van der Waals surface area contributed by atoms with E-state index >= 15 is 0 Å². The van der Waals surface area contributed by atoms with Crippen molar-refractivity contribution in [3.63, 3.8) is 0 Å². The number of para-hydroxylation sites is 1. The summed E-state index contributed by atoms with van der Waals surface area (Å²) in [6.45, 7) is 5.69. The van der Waals surface area contributed by atoms with Crippen molar-refractivity contribution in [2.45, 2.75) is 13.0 Å². The van der Waals surface area contributed by atoms with Crippen LogP contribution in [0.25, 0.3) is 0 Å². The fraction of sp³-hybridized carbons (Fsp3) is 0.273. The molecule has 0 radical (unpaired) electrons. The highest BCUT2D eigenvalue weighted by Gasteiger charge is 2.17. The van der Waals surface area contributed by atoms with Gasteiger partial charge in [0.05, 0.1) is 23.2 Å². The Morgan fingerprint density at radius 2 is 2.27 bits per heavy atom. The number of nitro benzene ring substituents is 1. The lowest BCUT2D eigenvalue weighted by atomic mass is 10.1. The lowest BCUT2D eigenvalue weighted by Crippen LogP contribution is -2.03. The largest absolute Gasteiger partial charge is 0.370 e. The molecule has 0 spiro atoms. The summed E-state index contributed by atoms with van der Waals surface area (Å²) in [5.74, 6) is 0. The van der Waals surface area contributed by atoms with Gasteiger partial charge < -0.3 is 4.74 Å². The Morgan fingerprint density at radius 1 is 1.60 bits per heavy atom. The van der Waals surface area contributed by atoms with Crippen LogP contribution in [0.15, 0.2) is 36.9 Å². The minimum atomic E-state index is -0.400. The number of nitrogens with zero attached hydrogens (tertiary/aromatic N) is 1. The van der Waals surface area contributed by atoms with E-state index in [2.05, 4.69) is 6.58 Å². The molecule has 0 heterocycles. The van der Waals surface area contributed by atoms with E-state index in [1.165, 1.54) is 6.07 Å². The molecule has 0 aliphatic heterocycles. The number of ether oxygens (including phenoxy) is 1. The molecule has 0 aliphatic carbocycles. The maximum absolute atomic E-state index is 10.7. The molecular formula is C11H13NO3. The van der Waals surface area contributed by atoms with Gasteiger partial charge in [-0.1, -0.05) is 18.2 Å². The average Bonchev–Trinajstić information content (AvgIpc) is 2.25. The van der Waals surface area contributed by atoms with E-state index in [1.54, 1.807) is 31.2 Å². The molecule has 1 rings (SSSR count). The van der Waals surface area contributed by atoms with Crippen LogP contribution in [0.4, 0.5) is 5.69 Å². The van der Waals surface area contributed by atoms with E-state index in [4.69, 9.17) is 4.74 Å². The third-order valence-electron chi connectivity index (χ3n) is 2.04. The molecule has 1 aromatic rings. The highest BCUT2D eigenvalue weighted by molar-refractivity contribution is 5.41. The third kappa shape index (κ3) is 2.89. The second-order valence-electron chi connectivity index (χ2n) is 3.08. The standard InChI is InChI=1S/C11H13NO3/c1-3-8-15-9(2)10-6-4-5-7-11(10)12(13)14/h3-7,9H,1,8H2,2H3. The van der Waals surface area contributed by atoms with Gasteiger partial charge in [0.1, 0.15) is 0 Å². The van der Waals surface area contributed by atoms with Gasteiger partial charge in [0.25, 0.3) is 5.69 Å². The maximum Gasteiger partial charge on any atom is 0.275 e. The van der Waals surface area contributed by atoms with Crippen molar-refractivity contribution in [2.75, 3.05) is 6.61 Å². The molecule has 15 heavy (non-hydrogen) atoms. The number of benzene rings is 1. The summed E-state index contributed by atoms with van der Waals surface area (Å²) in [6.07, 6.45) is 1.32. The van der Waals surface area contributed by atoms with E-state index in [0.717, 1.165) is 0 Å². The summed E-state index contributed by atoms with van der Waals surface area (Å²) < 4.78 is 5.35. The SMILES string of the molecule is C=CCOC(C)c1ccccc1[N+](=O)[O-]. The van der Waals surface area contributed by atoms with E-state index < -0.39 is 4.92 Å². The number of hydrogen-bond donors (Lipinski definition) is 0. The molecule has 0 N–H and O–H groups in total. The lowest BCUT2D eigenvalue weighted by Gasteiger charge is -2.11. The molecular weight excluding hydrogens is 194 g/mol. The normalized spacial score (nSPS) is 12.1. The molecule has 1 aromatic carbocycles. The van der Waals surface area contributed by atoms with Crippen molar-refractivity contribution in [3.8, 4) is 0 Å². The van der Waals surface area contributed by atoms with E-state index in [0.29, 0.717) is 12.2 Å². The molecule has 80 valence electrons. The minimum absolute atomic E-state index is 0.0917. The van der Waals surface area contributed by atoms with Gasteiger partial charge >= 0.3 is 0 Å². The van der Waals surface area contributed by atoms with E-state index in [-0.39, 0.29) is 11.8 Å². The number of nitro groups is 1. The fourth-order valence-corrected chi connectivity index (χ4v) is 1.30. The Balaban J connectivity index is 2.91. The third-order valence-corrected chi connectivity index (χ3v) is 2.04. The molecule has 0 fully saturated rings. The van der Waals surface area contributed by atoms with Crippen LogP contribution < -0.4 is 0 Å². The summed E-state index contributed by atoms with van der Waals surface area (Å²) in [7, 11) is 0. The Morgan fingerprint density at radius 3 is 2.87 bits per heavy atom. The quantitative estimate of drug-likeness (QED) is 0.423. The maximum atomic E-state index is 10.7. The van der Waals surface area contributed by atoms with Crippen LogP contribution in [-0.4, -0.2) is 11.5 Å². The Labute approximate surface area is 88.3 Å². The van der Waals surface area contributed by atoms with Crippen molar-refractivity contribution in [2.24, 2.45) is 0 Å². The molecule has 0 aliphatic rings. The van der Waals surface area contributed by atoms with Crippen LogP contribution in [0, 0.1) is 10.1 Å². The molecule has 0 bridgehead atoms. The fourth-order valence-electron chi connectivity index (χ4n) is 1.30. The van der Waals surface area contributed by atoms with Crippen LogP contribution in [0.1, 0.15) is 18.6 Å². The molecule has 4 heteroatoms. The predicted octanol–water partition coefficient (Wildman–Crippen LogP) is 2.86. The summed E-state index contributed by atoms with van der Waals surface area (Å²) >= 11 is 0. The average molecular weight is 207 g/mol. The van der Waals surface area contributed by atoms with Crippen LogP contribution in [0.3, 0.4) is 0 Å². The van der Waals surface area contributed by atoms with Crippen molar-refractivity contribution < 1.29 is 9.66 Å². The lowest BCUT2D eigenvalue weighted by molar-refractivity contribution is -0.386. The van der Waals surface area contributed by atoms with Crippen LogP contribution in [0.2, 0.25) is 0 Å². The zero-order valence-electron chi connectivity index (χ0n) is 8.55. The molecule has 1 unspecified atom stereocenters. The Kier molecular flexibility index (Phi) is 4.00. The number of hydrogen-bond acceptors (Lipinski definition) is 3. The first-order valence-corrected chi connectivity index (χ1v) is 4.62. The van der Waals surface area contributed by atoms with Gasteiger partial charge in [0.15, 0.2) is 0 Å². The van der Waals surface area contributed by atoms with Crippen LogP contribution in [-0.2, 0) is 4.74 Å². The topological polar surface area (TPSA) is 52.4 Å². The first kappa shape index (κ1) is 11.4. The Hall–Kier alpha value is -1.68. The van der Waals surface area contributed by atoms with Crippen LogP contribution >= 0.6 is 0 Å². The zero-order valence-corrected chi connectivity index (χ0v) is 8.55. The second-order valence-corrected chi connectivity index (χ2v) is 3.08. The Bertz CT molecular complexity index is 363. The summed E-state index contributed by atoms with van der Waals surface area (Å²) in [4.78, 5) is 10.3. The first-order chi connectivity index (χ1) is 7.16. The van der Waals surface area contributed by atoms with Gasteiger partial charge in [-0.2, -0.15) is 0 Å². The molecule has 0 amide bonds. The predicted molar refractivity (Wildman–Crippen MR) is 57.7 cm³/mol. The van der Waals surface area contributed by atoms with Crippen molar-refractivity contribution in [1.82, 2.24) is 0 Å². The summed E-state index contributed by atoms with van der Waals surface area (Å²) in [6, 6.07) is 6.58.